The molecular weight excluding hydrogens is 481 g/mol. The average Bonchev–Trinajstić information content (AvgIpc) is 3.60. The largest absolute Gasteiger partial charge is 0.140 e. The molecule has 0 N–H and O–H groups in total. The number of hydrogen-bond acceptors (Lipinski definition) is 3. The Kier molecular flexibility index (Phi) is 4.40. The number of benzene rings is 2. The zero-order valence-corrected chi connectivity index (χ0v) is 23.4. The molecule has 2 aliphatic rings. The van der Waals surface area contributed by atoms with Crippen LogP contribution in [0, 0.1) is 13.8 Å². The first-order valence-electron chi connectivity index (χ1n) is 12.3. The monoisotopic (exact) mass is 508 g/mol. The second-order valence-electron chi connectivity index (χ2n) is 11.2. The van der Waals surface area contributed by atoms with Crippen molar-refractivity contribution in [3.05, 3.63) is 93.4 Å². The third-order valence-corrected chi connectivity index (χ3v) is 11.7. The van der Waals surface area contributed by atoms with Crippen LogP contribution in [-0.2, 0) is 10.8 Å². The van der Waals surface area contributed by atoms with E-state index < -0.39 is 0 Å². The van der Waals surface area contributed by atoms with Crippen LogP contribution in [-0.4, -0.2) is 0 Å². The highest BCUT2D eigenvalue weighted by atomic mass is 32.1. The molecule has 2 aromatic carbocycles. The molecule has 0 saturated heterocycles. The molecule has 7 rings (SSSR count). The Morgan fingerprint density at radius 2 is 1.09 bits per heavy atom. The van der Waals surface area contributed by atoms with E-state index in [2.05, 4.69) is 102 Å². The zero-order chi connectivity index (χ0) is 24.3. The van der Waals surface area contributed by atoms with Gasteiger partial charge in [0.15, 0.2) is 0 Å². The maximum atomic E-state index is 2.53. The van der Waals surface area contributed by atoms with E-state index in [1.807, 2.05) is 34.0 Å². The lowest BCUT2D eigenvalue weighted by atomic mass is 9.79. The Morgan fingerprint density at radius 3 is 1.74 bits per heavy atom. The van der Waals surface area contributed by atoms with Crippen LogP contribution in [0.1, 0.15) is 60.4 Å². The first-order valence-corrected chi connectivity index (χ1v) is 14.7. The quantitative estimate of drug-likeness (QED) is 0.222. The van der Waals surface area contributed by atoms with E-state index in [0.29, 0.717) is 0 Å². The van der Waals surface area contributed by atoms with Crippen molar-refractivity contribution < 1.29 is 0 Å². The summed E-state index contributed by atoms with van der Waals surface area (Å²) in [6, 6.07) is 23.4. The first-order chi connectivity index (χ1) is 16.6. The summed E-state index contributed by atoms with van der Waals surface area (Å²) in [7, 11) is 0. The molecule has 0 amide bonds. The van der Waals surface area contributed by atoms with Gasteiger partial charge in [-0.3, -0.25) is 0 Å². The summed E-state index contributed by atoms with van der Waals surface area (Å²) in [6.45, 7) is 14.0. The molecule has 0 fully saturated rings. The van der Waals surface area contributed by atoms with Gasteiger partial charge >= 0.3 is 0 Å². The van der Waals surface area contributed by atoms with Crippen LogP contribution >= 0.6 is 34.0 Å². The van der Waals surface area contributed by atoms with Crippen molar-refractivity contribution in [1.29, 1.82) is 0 Å². The zero-order valence-electron chi connectivity index (χ0n) is 21.0. The van der Waals surface area contributed by atoms with Gasteiger partial charge in [0, 0.05) is 40.1 Å². The number of fused-ring (bicyclic) bond motifs is 6. The Hall–Kier alpha value is -2.46. The van der Waals surface area contributed by atoms with Crippen LogP contribution in [0.15, 0.2) is 60.7 Å². The third-order valence-electron chi connectivity index (χ3n) is 8.11. The van der Waals surface area contributed by atoms with Gasteiger partial charge in [0.1, 0.15) is 0 Å². The summed E-state index contributed by atoms with van der Waals surface area (Å²) in [6.07, 6.45) is 0. The molecule has 0 unspecified atom stereocenters. The molecule has 35 heavy (non-hydrogen) atoms. The maximum Gasteiger partial charge on any atom is 0.0452 e. The highest BCUT2D eigenvalue weighted by Gasteiger charge is 2.43. The van der Waals surface area contributed by atoms with Crippen LogP contribution in [0.4, 0.5) is 0 Å². The number of thiophene rings is 3. The molecule has 3 heteroatoms. The molecule has 0 spiro atoms. The van der Waals surface area contributed by atoms with Gasteiger partial charge in [-0.15, -0.1) is 34.0 Å². The van der Waals surface area contributed by atoms with E-state index in [1.54, 1.807) is 0 Å². The smallest absolute Gasteiger partial charge is 0.0452 e. The summed E-state index contributed by atoms with van der Waals surface area (Å²) in [5.41, 5.74) is 11.6. The topological polar surface area (TPSA) is 0 Å². The van der Waals surface area contributed by atoms with E-state index in [1.165, 1.54) is 73.8 Å². The molecule has 174 valence electrons. The van der Waals surface area contributed by atoms with Crippen molar-refractivity contribution in [1.82, 2.24) is 0 Å². The van der Waals surface area contributed by atoms with Crippen LogP contribution in [0.25, 0.3) is 41.1 Å². The van der Waals surface area contributed by atoms with Crippen LogP contribution in [0.2, 0.25) is 0 Å². The molecular formula is C32H28S3. The minimum atomic E-state index is 0.0185. The molecule has 0 radical (unpaired) electrons. The van der Waals surface area contributed by atoms with Crippen LogP contribution < -0.4 is 0 Å². The fourth-order valence-electron chi connectivity index (χ4n) is 6.00. The molecule has 0 saturated carbocycles. The molecule has 3 aromatic heterocycles. The minimum absolute atomic E-state index is 0.0185. The normalized spacial score (nSPS) is 16.2. The predicted octanol–water partition coefficient (Wildman–Crippen LogP) is 10.4. The SMILES string of the molecule is Cc1ccc(-c2ccc(-c3cc4c(s3)-c3cc5c(cc3C4(C)C)-c3sc(C)cc3C5(C)C)s2)cc1. The maximum absolute atomic E-state index is 2.53. The molecule has 0 atom stereocenters. The van der Waals surface area contributed by atoms with Crippen molar-refractivity contribution >= 4 is 34.0 Å². The second kappa shape index (κ2) is 7.06. The lowest BCUT2D eigenvalue weighted by Gasteiger charge is -2.24. The number of aryl methyl sites for hydroxylation is 2. The van der Waals surface area contributed by atoms with E-state index >= 15 is 0 Å². The van der Waals surface area contributed by atoms with E-state index in [-0.39, 0.29) is 10.8 Å². The molecule has 0 aliphatic heterocycles. The summed E-state index contributed by atoms with van der Waals surface area (Å²) in [4.78, 5) is 8.48. The molecule has 2 aliphatic carbocycles. The summed E-state index contributed by atoms with van der Waals surface area (Å²) in [5, 5.41) is 0. The number of rotatable bonds is 2. The highest BCUT2D eigenvalue weighted by molar-refractivity contribution is 7.25. The Morgan fingerprint density at radius 1 is 0.514 bits per heavy atom. The molecule has 0 nitrogen and oxygen atoms in total. The Balaban J connectivity index is 1.34. The highest BCUT2D eigenvalue weighted by Crippen LogP contribution is 2.60. The van der Waals surface area contributed by atoms with Crippen molar-refractivity contribution in [2.75, 3.05) is 0 Å². The number of hydrogen-bond donors (Lipinski definition) is 0. The van der Waals surface area contributed by atoms with Gasteiger partial charge in [-0.2, -0.15) is 0 Å². The molecule has 3 heterocycles. The standard InChI is InChI=1S/C32H28S3/c1-17-7-9-19(10-8-17)26-11-12-27(34-26)28-16-25-30(35-28)21-15-22-20(14-23(21)32(25,5)6)29-24(31(22,3)4)13-18(2)33-29/h7-16H,1-6H3. The molecule has 0 bridgehead atoms. The van der Waals surface area contributed by atoms with Gasteiger partial charge in [-0.1, -0.05) is 57.5 Å². The van der Waals surface area contributed by atoms with Crippen molar-refractivity contribution in [3.63, 3.8) is 0 Å². The average molecular weight is 509 g/mol. The van der Waals surface area contributed by atoms with Gasteiger partial charge in [-0.25, -0.2) is 0 Å². The van der Waals surface area contributed by atoms with Crippen LogP contribution in [0.3, 0.4) is 0 Å². The van der Waals surface area contributed by atoms with Gasteiger partial charge in [0.2, 0.25) is 0 Å². The van der Waals surface area contributed by atoms with Crippen molar-refractivity contribution in [3.8, 4) is 41.1 Å². The van der Waals surface area contributed by atoms with E-state index in [0.717, 1.165) is 0 Å². The van der Waals surface area contributed by atoms with Gasteiger partial charge in [0.05, 0.1) is 0 Å². The van der Waals surface area contributed by atoms with Gasteiger partial charge < -0.3 is 0 Å². The lowest BCUT2D eigenvalue weighted by molar-refractivity contribution is 0.653. The lowest BCUT2D eigenvalue weighted by Crippen LogP contribution is -2.16. The Bertz CT molecular complexity index is 1650. The van der Waals surface area contributed by atoms with E-state index in [4.69, 9.17) is 0 Å². The fourth-order valence-corrected chi connectivity index (χ4v) is 9.64. The summed E-state index contributed by atoms with van der Waals surface area (Å²) in [5.74, 6) is 0. The third kappa shape index (κ3) is 2.95. The summed E-state index contributed by atoms with van der Waals surface area (Å²) >= 11 is 5.85. The predicted molar refractivity (Wildman–Crippen MR) is 156 cm³/mol. The molecule has 5 aromatic rings. The Labute approximate surface area is 219 Å². The minimum Gasteiger partial charge on any atom is -0.140 e. The van der Waals surface area contributed by atoms with Gasteiger partial charge in [-0.05, 0) is 89.2 Å². The summed E-state index contributed by atoms with van der Waals surface area (Å²) < 4.78 is 0. The first kappa shape index (κ1) is 21.8. The van der Waals surface area contributed by atoms with Crippen LogP contribution in [0.5, 0.6) is 0 Å². The second-order valence-corrected chi connectivity index (χ2v) is 14.6. The van der Waals surface area contributed by atoms with Crippen molar-refractivity contribution in [2.24, 2.45) is 0 Å². The van der Waals surface area contributed by atoms with Crippen molar-refractivity contribution in [2.45, 2.75) is 52.4 Å². The van der Waals surface area contributed by atoms with Gasteiger partial charge in [0.25, 0.3) is 0 Å². The van der Waals surface area contributed by atoms with E-state index in [9.17, 15) is 0 Å². The fraction of sp³-hybridized carbons (Fsp3) is 0.250.